The minimum atomic E-state index is 0.355. The quantitative estimate of drug-likeness (QED) is 0.166. The Balaban J connectivity index is 1.18. The fourth-order valence-electron chi connectivity index (χ4n) is 10.4. The molecule has 4 aliphatic rings. The average Bonchev–Trinajstić information content (AvgIpc) is 3.23. The topological polar surface area (TPSA) is 62.5 Å². The van der Waals surface area contributed by atoms with Crippen molar-refractivity contribution in [2.45, 2.75) is 43.9 Å². The van der Waals surface area contributed by atoms with Gasteiger partial charge in [0.25, 0.3) is 0 Å². The third-order valence-corrected chi connectivity index (χ3v) is 12.3. The van der Waals surface area contributed by atoms with E-state index in [4.69, 9.17) is 15.0 Å². The molecule has 11 rings (SSSR count). The van der Waals surface area contributed by atoms with E-state index >= 15 is 0 Å². The Morgan fingerprint density at radius 3 is 1.50 bits per heavy atom. The largest absolute Gasteiger partial charge is 0.208 e. The fraction of sp³-hybridized carbons (Fsp3) is 0.200. The Labute approximate surface area is 317 Å². The summed E-state index contributed by atoms with van der Waals surface area (Å²) in [5.41, 5.74) is 11.9. The summed E-state index contributed by atoms with van der Waals surface area (Å²) >= 11 is 0. The van der Waals surface area contributed by atoms with Crippen molar-refractivity contribution in [3.05, 3.63) is 163 Å². The molecule has 0 unspecified atom stereocenters. The Hall–Kier alpha value is -6.18. The van der Waals surface area contributed by atoms with Crippen LogP contribution in [0.1, 0.15) is 49.7 Å². The monoisotopic (exact) mass is 696 g/mol. The van der Waals surface area contributed by atoms with Gasteiger partial charge in [-0.15, -0.1) is 0 Å². The van der Waals surface area contributed by atoms with Gasteiger partial charge in [-0.2, -0.15) is 5.26 Å². The second kappa shape index (κ2) is 13.3. The smallest absolute Gasteiger partial charge is 0.164 e. The third kappa shape index (κ3) is 5.81. The van der Waals surface area contributed by atoms with E-state index in [2.05, 4.69) is 103 Å². The summed E-state index contributed by atoms with van der Waals surface area (Å²) in [6, 6.07) is 55.3. The van der Waals surface area contributed by atoms with E-state index in [-0.39, 0.29) is 0 Å². The van der Waals surface area contributed by atoms with Gasteiger partial charge in [-0.1, -0.05) is 133 Å². The Morgan fingerprint density at radius 2 is 0.926 bits per heavy atom. The molecule has 0 N–H and O–H groups in total. The van der Waals surface area contributed by atoms with Gasteiger partial charge in [0.1, 0.15) is 0 Å². The molecule has 0 atom stereocenters. The first-order valence-electron chi connectivity index (χ1n) is 19.3. The highest BCUT2D eigenvalue weighted by Crippen LogP contribution is 2.61. The van der Waals surface area contributed by atoms with Crippen molar-refractivity contribution in [3.8, 4) is 73.6 Å². The molecule has 54 heavy (non-hydrogen) atoms. The molecule has 0 radical (unpaired) electrons. The second-order valence-electron chi connectivity index (χ2n) is 15.8. The predicted octanol–water partition coefficient (Wildman–Crippen LogP) is 12.2. The number of benzene rings is 6. The summed E-state index contributed by atoms with van der Waals surface area (Å²) in [6.45, 7) is 0. The normalized spacial score (nSPS) is 21.1. The number of hydrogen-bond donors (Lipinski definition) is 0. The van der Waals surface area contributed by atoms with E-state index in [9.17, 15) is 5.26 Å². The molecule has 4 fully saturated rings. The Kier molecular flexibility index (Phi) is 8.02. The number of nitrogens with zero attached hydrogens (tertiary/aromatic N) is 4. The molecule has 4 bridgehead atoms. The number of rotatable bonds is 7. The second-order valence-corrected chi connectivity index (χ2v) is 15.8. The van der Waals surface area contributed by atoms with Crippen LogP contribution in [0.5, 0.6) is 0 Å². The first-order chi connectivity index (χ1) is 26.6. The van der Waals surface area contributed by atoms with Gasteiger partial charge in [-0.3, -0.25) is 0 Å². The highest BCUT2D eigenvalue weighted by Gasteiger charge is 2.51. The highest BCUT2D eigenvalue weighted by molar-refractivity contribution is 6.01. The molecule has 260 valence electrons. The van der Waals surface area contributed by atoms with Gasteiger partial charge >= 0.3 is 0 Å². The maximum Gasteiger partial charge on any atom is 0.164 e. The van der Waals surface area contributed by atoms with E-state index in [0.717, 1.165) is 56.7 Å². The molecule has 4 heteroatoms. The van der Waals surface area contributed by atoms with Crippen molar-refractivity contribution in [2.24, 2.45) is 17.8 Å². The van der Waals surface area contributed by atoms with Crippen molar-refractivity contribution in [2.75, 3.05) is 0 Å². The van der Waals surface area contributed by atoms with Crippen LogP contribution in [0, 0.1) is 29.1 Å². The van der Waals surface area contributed by atoms with Crippen LogP contribution < -0.4 is 0 Å². The lowest BCUT2D eigenvalue weighted by Crippen LogP contribution is -2.48. The highest BCUT2D eigenvalue weighted by atomic mass is 15.0. The molecular formula is C50H40N4. The van der Waals surface area contributed by atoms with Gasteiger partial charge in [-0.05, 0) is 113 Å². The van der Waals surface area contributed by atoms with Crippen molar-refractivity contribution < 1.29 is 0 Å². The average molecular weight is 697 g/mol. The zero-order valence-corrected chi connectivity index (χ0v) is 30.2. The number of aromatic nitrogens is 3. The summed E-state index contributed by atoms with van der Waals surface area (Å²) in [5, 5.41) is 9.72. The molecule has 0 amide bonds. The molecule has 7 aromatic rings. The first-order valence-corrected chi connectivity index (χ1v) is 19.3. The van der Waals surface area contributed by atoms with Crippen molar-refractivity contribution >= 4 is 0 Å². The summed E-state index contributed by atoms with van der Waals surface area (Å²) < 4.78 is 0. The van der Waals surface area contributed by atoms with Crippen LogP contribution in [-0.4, -0.2) is 15.0 Å². The summed E-state index contributed by atoms with van der Waals surface area (Å²) in [6.07, 6.45) is 8.44. The van der Waals surface area contributed by atoms with E-state index in [1.165, 1.54) is 55.2 Å². The first kappa shape index (κ1) is 32.5. The van der Waals surface area contributed by atoms with Gasteiger partial charge in [-0.25, -0.2) is 15.0 Å². The van der Waals surface area contributed by atoms with Gasteiger partial charge < -0.3 is 0 Å². The molecule has 4 nitrogen and oxygen atoms in total. The molecule has 6 aromatic carbocycles. The summed E-state index contributed by atoms with van der Waals surface area (Å²) in [5.74, 6) is 4.43. The van der Waals surface area contributed by atoms with E-state index < -0.39 is 0 Å². The van der Waals surface area contributed by atoms with E-state index in [1.54, 1.807) is 6.07 Å². The number of nitriles is 1. The van der Waals surface area contributed by atoms with Crippen LogP contribution in [0.15, 0.2) is 152 Å². The molecule has 0 spiro atoms. The maximum absolute atomic E-state index is 9.72. The SMILES string of the molecule is N#Cc1cccc(-c2nc(-c3ccccc3)nc(-c3ccc(-c4ccc(C56C[C@H]7C[C@@H](C5)C[C@@H](C6)C7)cc4)c(-c4ccccc4)c3-c3ccccc3)n2)c1. The zero-order valence-electron chi connectivity index (χ0n) is 30.2. The van der Waals surface area contributed by atoms with Crippen LogP contribution in [0.25, 0.3) is 67.5 Å². The van der Waals surface area contributed by atoms with E-state index in [0.29, 0.717) is 28.5 Å². The number of hydrogen-bond acceptors (Lipinski definition) is 4. The molecule has 1 aromatic heterocycles. The lowest BCUT2D eigenvalue weighted by molar-refractivity contribution is -0.00518. The Morgan fingerprint density at radius 1 is 0.444 bits per heavy atom. The van der Waals surface area contributed by atoms with Gasteiger partial charge in [0.15, 0.2) is 17.5 Å². The molecule has 4 saturated carbocycles. The van der Waals surface area contributed by atoms with Gasteiger partial charge in [0.05, 0.1) is 11.6 Å². The van der Waals surface area contributed by atoms with Crippen LogP contribution in [-0.2, 0) is 5.41 Å². The molecule has 1 heterocycles. The third-order valence-electron chi connectivity index (χ3n) is 12.3. The van der Waals surface area contributed by atoms with Crippen LogP contribution >= 0.6 is 0 Å². The van der Waals surface area contributed by atoms with Crippen LogP contribution in [0.3, 0.4) is 0 Å². The zero-order chi connectivity index (χ0) is 36.1. The molecule has 4 aliphatic carbocycles. The maximum atomic E-state index is 9.72. The lowest BCUT2D eigenvalue weighted by atomic mass is 9.48. The minimum absolute atomic E-state index is 0.355. The van der Waals surface area contributed by atoms with Crippen molar-refractivity contribution in [1.82, 2.24) is 15.0 Å². The van der Waals surface area contributed by atoms with Gasteiger partial charge in [0.2, 0.25) is 0 Å². The summed E-state index contributed by atoms with van der Waals surface area (Å²) in [7, 11) is 0. The van der Waals surface area contributed by atoms with Gasteiger partial charge in [0, 0.05) is 22.3 Å². The molecule has 0 saturated heterocycles. The fourth-order valence-corrected chi connectivity index (χ4v) is 10.4. The van der Waals surface area contributed by atoms with Crippen molar-refractivity contribution in [3.63, 3.8) is 0 Å². The minimum Gasteiger partial charge on any atom is -0.208 e. The Bertz CT molecular complexity index is 2480. The van der Waals surface area contributed by atoms with Crippen molar-refractivity contribution in [1.29, 1.82) is 5.26 Å². The molecule has 0 aliphatic heterocycles. The summed E-state index contributed by atoms with van der Waals surface area (Å²) in [4.78, 5) is 15.3. The predicted molar refractivity (Wildman–Crippen MR) is 217 cm³/mol. The van der Waals surface area contributed by atoms with Crippen LogP contribution in [0.2, 0.25) is 0 Å². The standard InChI is InChI=1S/C50H40N4/c51-32-33-11-10-18-41(28-33)48-52-47(40-16-8-3-9-17-40)53-49(54-48)44-24-23-43(45(38-12-4-1-5-13-38)46(44)39-14-6-2-7-15-39)37-19-21-42(22-20-37)50-29-34-25-35(30-50)27-36(26-34)31-50/h1-24,28,34-36H,25-27,29-31H2/t34-,35+,36-,50?. The van der Waals surface area contributed by atoms with E-state index in [1.807, 2.05) is 48.5 Å². The molecular weight excluding hydrogens is 657 g/mol. The lowest BCUT2D eigenvalue weighted by Gasteiger charge is -2.57. The van der Waals surface area contributed by atoms with Crippen LogP contribution in [0.4, 0.5) is 0 Å².